The lowest BCUT2D eigenvalue weighted by Crippen LogP contribution is -2.37. The average Bonchev–Trinajstić information content (AvgIpc) is 2.33. The lowest BCUT2D eigenvalue weighted by Gasteiger charge is -2.27. The molecule has 1 fully saturated rings. The first-order valence-corrected chi connectivity index (χ1v) is 4.52. The molecule has 0 atom stereocenters. The Morgan fingerprint density at radius 2 is 2.30 bits per heavy atom. The van der Waals surface area contributed by atoms with E-state index in [1.165, 1.54) is 17.5 Å². The predicted octanol–water partition coefficient (Wildman–Crippen LogP) is 0.252. The monoisotopic (exact) mass is 157 g/mol. The van der Waals surface area contributed by atoms with Crippen LogP contribution in [0.15, 0.2) is 5.10 Å². The van der Waals surface area contributed by atoms with E-state index in [-0.39, 0.29) is 0 Å². The normalized spacial score (nSPS) is 24.7. The minimum Gasteiger partial charge on any atom is -0.347 e. The van der Waals surface area contributed by atoms with Crippen molar-refractivity contribution in [1.29, 1.82) is 0 Å². The summed E-state index contributed by atoms with van der Waals surface area (Å²) in [5.41, 5.74) is 0. The average molecular weight is 157 g/mol. The Morgan fingerprint density at radius 3 is 3.20 bits per heavy atom. The molecule has 0 aliphatic carbocycles. The van der Waals surface area contributed by atoms with Crippen molar-refractivity contribution >= 4 is 16.9 Å². The maximum atomic E-state index is 4.38. The molecule has 0 N–H and O–H groups in total. The fourth-order valence-electron chi connectivity index (χ4n) is 1.20. The summed E-state index contributed by atoms with van der Waals surface area (Å²) in [5.74, 6) is 1.21. The van der Waals surface area contributed by atoms with Crippen LogP contribution in [0.4, 0.5) is 0 Å². The van der Waals surface area contributed by atoms with Gasteiger partial charge in [0.2, 0.25) is 0 Å². The SMILES string of the molecule is CN1CCN2CCSC2=N1. The molecular weight excluding hydrogens is 146 g/mol. The largest absolute Gasteiger partial charge is 0.347 e. The van der Waals surface area contributed by atoms with Crippen molar-refractivity contribution in [2.45, 2.75) is 0 Å². The highest BCUT2D eigenvalue weighted by molar-refractivity contribution is 8.14. The van der Waals surface area contributed by atoms with Crippen molar-refractivity contribution in [3.8, 4) is 0 Å². The number of fused-ring (bicyclic) bond motifs is 1. The zero-order valence-corrected chi connectivity index (χ0v) is 6.89. The number of hydrogen-bond acceptors (Lipinski definition) is 4. The summed E-state index contributed by atoms with van der Waals surface area (Å²) < 4.78 is 0. The Kier molecular flexibility index (Phi) is 1.48. The Labute approximate surface area is 65.1 Å². The zero-order valence-electron chi connectivity index (χ0n) is 6.08. The van der Waals surface area contributed by atoms with Crippen LogP contribution in [0, 0.1) is 0 Å². The van der Waals surface area contributed by atoms with Crippen LogP contribution in [0.1, 0.15) is 0 Å². The van der Waals surface area contributed by atoms with Crippen LogP contribution < -0.4 is 0 Å². The summed E-state index contributed by atoms with van der Waals surface area (Å²) in [4.78, 5) is 2.35. The molecule has 1 saturated heterocycles. The Morgan fingerprint density at radius 1 is 1.40 bits per heavy atom. The molecule has 0 radical (unpaired) electrons. The van der Waals surface area contributed by atoms with Gasteiger partial charge in [0, 0.05) is 25.9 Å². The molecular formula is C6H11N3S. The van der Waals surface area contributed by atoms with Gasteiger partial charge in [0.05, 0.1) is 6.54 Å². The number of rotatable bonds is 0. The molecule has 56 valence electrons. The summed E-state index contributed by atoms with van der Waals surface area (Å²) in [6.07, 6.45) is 0. The van der Waals surface area contributed by atoms with Crippen molar-refractivity contribution < 1.29 is 0 Å². The van der Waals surface area contributed by atoms with Crippen molar-refractivity contribution in [3.05, 3.63) is 0 Å². The van der Waals surface area contributed by atoms with E-state index in [2.05, 4.69) is 10.0 Å². The molecule has 0 bridgehead atoms. The first-order chi connectivity index (χ1) is 4.86. The van der Waals surface area contributed by atoms with E-state index < -0.39 is 0 Å². The summed E-state index contributed by atoms with van der Waals surface area (Å²) in [6.45, 7) is 3.42. The van der Waals surface area contributed by atoms with Crippen LogP contribution >= 0.6 is 11.8 Å². The van der Waals surface area contributed by atoms with Crippen molar-refractivity contribution in [2.75, 3.05) is 32.4 Å². The van der Waals surface area contributed by atoms with Gasteiger partial charge in [0.25, 0.3) is 0 Å². The quantitative estimate of drug-likeness (QED) is 0.502. The number of likely N-dealkylation sites (N-methyl/N-ethyl adjacent to an activating group) is 1. The maximum absolute atomic E-state index is 4.38. The third-order valence-electron chi connectivity index (χ3n) is 1.81. The maximum Gasteiger partial charge on any atom is 0.183 e. The van der Waals surface area contributed by atoms with E-state index in [1.54, 1.807) is 0 Å². The van der Waals surface area contributed by atoms with Gasteiger partial charge < -0.3 is 4.90 Å². The lowest BCUT2D eigenvalue weighted by atomic mass is 10.5. The lowest BCUT2D eigenvalue weighted by molar-refractivity contribution is 0.276. The minimum absolute atomic E-state index is 1.07. The molecule has 3 nitrogen and oxygen atoms in total. The first-order valence-electron chi connectivity index (χ1n) is 3.54. The summed E-state index contributed by atoms with van der Waals surface area (Å²) >= 11 is 1.86. The molecule has 0 saturated carbocycles. The molecule has 4 heteroatoms. The first kappa shape index (κ1) is 6.34. The van der Waals surface area contributed by atoms with Crippen LogP contribution in [0.25, 0.3) is 0 Å². The molecule has 0 aromatic rings. The van der Waals surface area contributed by atoms with E-state index in [1.807, 2.05) is 23.8 Å². The molecule has 0 aromatic carbocycles. The number of nitrogens with zero attached hydrogens (tertiary/aromatic N) is 3. The standard InChI is InChI=1S/C6H11N3S/c1-8-2-3-9-4-5-10-6(9)7-8/h2-5H2,1H3. The van der Waals surface area contributed by atoms with Crippen molar-refractivity contribution in [2.24, 2.45) is 5.10 Å². The highest BCUT2D eigenvalue weighted by Gasteiger charge is 2.22. The molecule has 2 rings (SSSR count). The molecule has 2 heterocycles. The van der Waals surface area contributed by atoms with Crippen LogP contribution in [-0.2, 0) is 0 Å². The molecule has 0 aromatic heterocycles. The highest BCUT2D eigenvalue weighted by atomic mass is 32.2. The number of amidine groups is 1. The van der Waals surface area contributed by atoms with Crippen molar-refractivity contribution in [1.82, 2.24) is 9.91 Å². The molecule has 10 heavy (non-hydrogen) atoms. The van der Waals surface area contributed by atoms with Gasteiger partial charge in [-0.3, -0.25) is 5.01 Å². The van der Waals surface area contributed by atoms with Gasteiger partial charge in [-0.1, -0.05) is 11.8 Å². The van der Waals surface area contributed by atoms with E-state index in [0.29, 0.717) is 0 Å². The number of hydrogen-bond donors (Lipinski definition) is 0. The van der Waals surface area contributed by atoms with Gasteiger partial charge in [0.1, 0.15) is 0 Å². The molecule has 0 amide bonds. The summed E-state index contributed by atoms with van der Waals surface area (Å²) in [7, 11) is 2.03. The van der Waals surface area contributed by atoms with E-state index in [9.17, 15) is 0 Å². The highest BCUT2D eigenvalue weighted by Crippen LogP contribution is 2.20. The third-order valence-corrected chi connectivity index (χ3v) is 2.80. The number of hydrazone groups is 1. The van der Waals surface area contributed by atoms with Crippen LogP contribution in [-0.4, -0.2) is 47.5 Å². The summed E-state index contributed by atoms with van der Waals surface area (Å²) in [6, 6.07) is 0. The Hall–Kier alpha value is -0.380. The third kappa shape index (κ3) is 0.963. The van der Waals surface area contributed by atoms with Crippen LogP contribution in [0.3, 0.4) is 0 Å². The predicted molar refractivity (Wildman–Crippen MR) is 44.1 cm³/mol. The van der Waals surface area contributed by atoms with Gasteiger partial charge in [-0.25, -0.2) is 0 Å². The zero-order chi connectivity index (χ0) is 6.97. The molecule has 0 spiro atoms. The minimum atomic E-state index is 1.07. The van der Waals surface area contributed by atoms with E-state index >= 15 is 0 Å². The fraction of sp³-hybridized carbons (Fsp3) is 0.833. The van der Waals surface area contributed by atoms with Gasteiger partial charge >= 0.3 is 0 Å². The van der Waals surface area contributed by atoms with Gasteiger partial charge in [-0.05, 0) is 0 Å². The number of thioether (sulfide) groups is 1. The fourth-order valence-corrected chi connectivity index (χ4v) is 2.25. The van der Waals surface area contributed by atoms with E-state index in [4.69, 9.17) is 0 Å². The van der Waals surface area contributed by atoms with Crippen LogP contribution in [0.2, 0.25) is 0 Å². The smallest absolute Gasteiger partial charge is 0.183 e. The Balaban J connectivity index is 2.16. The summed E-state index contributed by atoms with van der Waals surface area (Å²) in [5, 5.41) is 7.62. The van der Waals surface area contributed by atoms with Crippen LogP contribution in [0.5, 0.6) is 0 Å². The topological polar surface area (TPSA) is 18.8 Å². The molecule has 0 unspecified atom stereocenters. The second-order valence-electron chi connectivity index (χ2n) is 2.60. The Bertz CT molecular complexity index is 168. The van der Waals surface area contributed by atoms with Gasteiger partial charge in [-0.15, -0.1) is 0 Å². The van der Waals surface area contributed by atoms with Gasteiger partial charge in [-0.2, -0.15) is 5.10 Å². The second-order valence-corrected chi connectivity index (χ2v) is 3.66. The second kappa shape index (κ2) is 2.34. The van der Waals surface area contributed by atoms with E-state index in [0.717, 1.165) is 13.1 Å². The molecule has 2 aliphatic heterocycles. The molecule has 2 aliphatic rings. The van der Waals surface area contributed by atoms with Crippen molar-refractivity contribution in [3.63, 3.8) is 0 Å². The van der Waals surface area contributed by atoms with Gasteiger partial charge in [0.15, 0.2) is 5.17 Å².